The number of carbonyl (C=O) groups excluding carboxylic acids is 2. The molecule has 1 heterocycles. The smallest absolute Gasteiger partial charge is 0.260 e. The van der Waals surface area contributed by atoms with Crippen LogP contribution in [-0.2, 0) is 4.79 Å². The molecule has 0 aromatic heterocycles. The van der Waals surface area contributed by atoms with E-state index in [0.29, 0.717) is 30.1 Å². The summed E-state index contributed by atoms with van der Waals surface area (Å²) in [4.78, 5) is 27.1. The lowest BCUT2D eigenvalue weighted by atomic mass is 10.00. The van der Waals surface area contributed by atoms with Crippen LogP contribution in [0.5, 0.6) is 5.75 Å². The molecule has 0 saturated carbocycles. The highest BCUT2D eigenvalue weighted by Crippen LogP contribution is 2.23. The number of nitrogens with zero attached hydrogens (tertiary/aromatic N) is 1. The van der Waals surface area contributed by atoms with Crippen molar-refractivity contribution in [3.63, 3.8) is 0 Å². The Morgan fingerprint density at radius 3 is 2.26 bits per heavy atom. The number of hydrogen-bond acceptors (Lipinski definition) is 3. The minimum atomic E-state index is -0.275. The third-order valence-corrected chi connectivity index (χ3v) is 5.22. The zero-order valence-electron chi connectivity index (χ0n) is 17.2. The van der Waals surface area contributed by atoms with Crippen molar-refractivity contribution in [2.24, 2.45) is 0 Å². The van der Waals surface area contributed by atoms with Crippen LogP contribution in [0.4, 0.5) is 5.69 Å². The lowest BCUT2D eigenvalue weighted by Crippen LogP contribution is -2.38. The number of hydrogen-bond donors (Lipinski definition) is 1. The van der Waals surface area contributed by atoms with Crippen LogP contribution in [0.25, 0.3) is 5.57 Å². The fraction of sp³-hybridized carbons (Fsp3) is 0.154. The average Bonchev–Trinajstić information content (AvgIpc) is 2.84. The molecule has 0 unspecified atom stereocenters. The quantitative estimate of drug-likeness (QED) is 0.642. The summed E-state index contributed by atoms with van der Waals surface area (Å²) in [5.41, 5.74) is 3.55. The molecule has 3 aromatic carbocycles. The summed E-state index contributed by atoms with van der Waals surface area (Å²) in [5, 5.41) is 2.85. The number of carbonyl (C=O) groups is 2. The van der Waals surface area contributed by atoms with Crippen LogP contribution in [0.3, 0.4) is 0 Å². The third kappa shape index (κ3) is 5.20. The van der Waals surface area contributed by atoms with Gasteiger partial charge in [-0.2, -0.15) is 0 Å². The predicted octanol–water partition coefficient (Wildman–Crippen LogP) is 4.63. The molecule has 0 aliphatic carbocycles. The summed E-state index contributed by atoms with van der Waals surface area (Å²) in [6.45, 7) is 1.10. The summed E-state index contributed by atoms with van der Waals surface area (Å²) in [5.74, 6) is 0.0195. The van der Waals surface area contributed by atoms with E-state index in [9.17, 15) is 9.59 Å². The highest BCUT2D eigenvalue weighted by molar-refractivity contribution is 6.06. The van der Waals surface area contributed by atoms with Crippen molar-refractivity contribution >= 4 is 23.1 Å². The maximum atomic E-state index is 12.7. The van der Waals surface area contributed by atoms with Gasteiger partial charge in [0.05, 0.1) is 5.56 Å². The first kappa shape index (κ1) is 20.4. The lowest BCUT2D eigenvalue weighted by molar-refractivity contribution is -0.132. The molecular weight excluding hydrogens is 388 g/mol. The van der Waals surface area contributed by atoms with Gasteiger partial charge in [-0.3, -0.25) is 9.59 Å². The largest absolute Gasteiger partial charge is 0.483 e. The molecule has 1 aliphatic rings. The molecular formula is C26H24N2O3. The molecule has 0 saturated heterocycles. The fourth-order valence-corrected chi connectivity index (χ4v) is 3.54. The molecule has 2 amide bonds. The summed E-state index contributed by atoms with van der Waals surface area (Å²) >= 11 is 0. The molecule has 0 bridgehead atoms. The van der Waals surface area contributed by atoms with Gasteiger partial charge in [0.1, 0.15) is 5.75 Å². The van der Waals surface area contributed by atoms with E-state index in [4.69, 9.17) is 4.74 Å². The summed E-state index contributed by atoms with van der Waals surface area (Å²) in [7, 11) is 0. The van der Waals surface area contributed by atoms with Gasteiger partial charge in [0.2, 0.25) is 0 Å². The van der Waals surface area contributed by atoms with Crippen molar-refractivity contribution < 1.29 is 14.3 Å². The highest BCUT2D eigenvalue weighted by atomic mass is 16.5. The first-order valence-corrected chi connectivity index (χ1v) is 10.3. The van der Waals surface area contributed by atoms with E-state index in [2.05, 4.69) is 23.5 Å². The van der Waals surface area contributed by atoms with Crippen molar-refractivity contribution in [3.8, 4) is 5.75 Å². The Kier molecular flexibility index (Phi) is 6.43. The zero-order chi connectivity index (χ0) is 21.5. The van der Waals surface area contributed by atoms with E-state index >= 15 is 0 Å². The zero-order valence-corrected chi connectivity index (χ0v) is 17.2. The minimum Gasteiger partial charge on any atom is -0.483 e. The SMILES string of the molecule is O=C(Nc1ccccc1)c1ccccc1OCC(=O)N1CC=C(c2ccccc2)CC1. The van der Waals surface area contributed by atoms with E-state index in [1.165, 1.54) is 11.1 Å². The van der Waals surface area contributed by atoms with Crippen LogP contribution in [0.15, 0.2) is 91.0 Å². The van der Waals surface area contributed by atoms with Crippen LogP contribution in [-0.4, -0.2) is 36.4 Å². The van der Waals surface area contributed by atoms with Gasteiger partial charge < -0.3 is 15.0 Å². The molecule has 0 spiro atoms. The van der Waals surface area contributed by atoms with E-state index in [-0.39, 0.29) is 18.4 Å². The second kappa shape index (κ2) is 9.76. The van der Waals surface area contributed by atoms with Crippen LogP contribution < -0.4 is 10.1 Å². The first-order chi connectivity index (χ1) is 15.2. The Morgan fingerprint density at radius 2 is 1.55 bits per heavy atom. The Hall–Kier alpha value is -3.86. The van der Waals surface area contributed by atoms with Crippen LogP contribution >= 0.6 is 0 Å². The van der Waals surface area contributed by atoms with Crippen molar-refractivity contribution in [2.75, 3.05) is 25.0 Å². The first-order valence-electron chi connectivity index (χ1n) is 10.3. The molecule has 5 nitrogen and oxygen atoms in total. The number of para-hydroxylation sites is 2. The molecule has 3 aromatic rings. The Labute approximate surface area is 182 Å². The third-order valence-electron chi connectivity index (χ3n) is 5.22. The van der Waals surface area contributed by atoms with Gasteiger partial charge in [-0.15, -0.1) is 0 Å². The van der Waals surface area contributed by atoms with Gasteiger partial charge in [0, 0.05) is 18.8 Å². The van der Waals surface area contributed by atoms with Crippen molar-refractivity contribution in [1.82, 2.24) is 4.90 Å². The number of rotatable bonds is 6. The van der Waals surface area contributed by atoms with Crippen LogP contribution in [0.1, 0.15) is 22.3 Å². The van der Waals surface area contributed by atoms with Gasteiger partial charge in [0.25, 0.3) is 11.8 Å². The van der Waals surface area contributed by atoms with E-state index in [1.807, 2.05) is 48.5 Å². The molecule has 0 fully saturated rings. The van der Waals surface area contributed by atoms with E-state index in [1.54, 1.807) is 29.2 Å². The number of nitrogens with one attached hydrogen (secondary N) is 1. The van der Waals surface area contributed by atoms with Crippen LogP contribution in [0, 0.1) is 0 Å². The molecule has 5 heteroatoms. The van der Waals surface area contributed by atoms with Crippen molar-refractivity contribution in [1.29, 1.82) is 0 Å². The summed E-state index contributed by atoms with van der Waals surface area (Å²) in [6.07, 6.45) is 2.91. The second-order valence-corrected chi connectivity index (χ2v) is 7.29. The standard InChI is InChI=1S/C26H24N2O3/c29-25(28-17-15-21(16-18-28)20-9-3-1-4-10-20)19-31-24-14-8-7-13-23(24)26(30)27-22-11-5-2-6-12-22/h1-15H,16-19H2,(H,27,30). The van der Waals surface area contributed by atoms with Gasteiger partial charge in [-0.1, -0.05) is 66.7 Å². The number of amides is 2. The number of anilines is 1. The van der Waals surface area contributed by atoms with Gasteiger partial charge in [-0.25, -0.2) is 0 Å². The maximum Gasteiger partial charge on any atom is 0.260 e. The molecule has 0 radical (unpaired) electrons. The lowest BCUT2D eigenvalue weighted by Gasteiger charge is -2.26. The Bertz CT molecular complexity index is 1080. The van der Waals surface area contributed by atoms with Crippen LogP contribution in [0.2, 0.25) is 0 Å². The van der Waals surface area contributed by atoms with Gasteiger partial charge in [-0.05, 0) is 41.8 Å². The molecule has 156 valence electrons. The number of ether oxygens (including phenoxy) is 1. The van der Waals surface area contributed by atoms with Gasteiger partial charge >= 0.3 is 0 Å². The minimum absolute atomic E-state index is 0.0957. The predicted molar refractivity (Wildman–Crippen MR) is 122 cm³/mol. The molecule has 31 heavy (non-hydrogen) atoms. The van der Waals surface area contributed by atoms with Crippen molar-refractivity contribution in [2.45, 2.75) is 6.42 Å². The Morgan fingerprint density at radius 1 is 0.871 bits per heavy atom. The van der Waals surface area contributed by atoms with E-state index < -0.39 is 0 Å². The van der Waals surface area contributed by atoms with Crippen molar-refractivity contribution in [3.05, 3.63) is 102 Å². The molecule has 1 aliphatic heterocycles. The summed E-state index contributed by atoms with van der Waals surface area (Å²) in [6, 6.07) is 26.4. The topological polar surface area (TPSA) is 58.6 Å². The average molecular weight is 412 g/mol. The molecule has 4 rings (SSSR count). The number of benzene rings is 3. The summed E-state index contributed by atoms with van der Waals surface area (Å²) < 4.78 is 5.75. The maximum absolute atomic E-state index is 12.7. The monoisotopic (exact) mass is 412 g/mol. The van der Waals surface area contributed by atoms with E-state index in [0.717, 1.165) is 6.42 Å². The highest BCUT2D eigenvalue weighted by Gasteiger charge is 2.19. The fourth-order valence-electron chi connectivity index (χ4n) is 3.54. The normalized spacial score (nSPS) is 13.3. The second-order valence-electron chi connectivity index (χ2n) is 7.29. The molecule has 0 atom stereocenters. The van der Waals surface area contributed by atoms with Gasteiger partial charge in [0.15, 0.2) is 6.61 Å². The molecule has 1 N–H and O–H groups in total. The Balaban J connectivity index is 1.36.